The van der Waals surface area contributed by atoms with Crippen LogP contribution in [0.5, 0.6) is 5.75 Å². The fourth-order valence-electron chi connectivity index (χ4n) is 1.96. The Hall–Kier alpha value is -2.41. The predicted molar refractivity (Wildman–Crippen MR) is 105 cm³/mol. The van der Waals surface area contributed by atoms with Gasteiger partial charge in [0.15, 0.2) is 5.01 Å². The number of hydrogen-bond donors (Lipinski definition) is 1. The highest BCUT2D eigenvalue weighted by atomic mass is 35.5. The third-order valence-corrected chi connectivity index (χ3v) is 4.60. The van der Waals surface area contributed by atoms with Crippen molar-refractivity contribution in [2.45, 2.75) is 6.61 Å². The molecule has 0 aliphatic carbocycles. The zero-order chi connectivity index (χ0) is 18.4. The number of nitrogens with one attached hydrogen (secondary N) is 1. The Morgan fingerprint density at radius 1 is 1.12 bits per heavy atom. The number of carbonyl (C=O) groups is 1. The lowest BCUT2D eigenvalue weighted by atomic mass is 10.2. The fraction of sp³-hybridized carbons (Fsp3) is 0.0556. The molecule has 0 saturated heterocycles. The lowest BCUT2D eigenvalue weighted by molar-refractivity contribution is -0.111. The zero-order valence-corrected chi connectivity index (χ0v) is 15.7. The molecule has 1 amide bonds. The number of amides is 1. The molecule has 0 spiro atoms. The molecule has 132 valence electrons. The molecule has 3 rings (SSSR count). The van der Waals surface area contributed by atoms with Gasteiger partial charge in [-0.15, -0.1) is 10.2 Å². The van der Waals surface area contributed by atoms with Crippen molar-refractivity contribution >= 4 is 51.7 Å². The third kappa shape index (κ3) is 5.29. The van der Waals surface area contributed by atoms with Crippen LogP contribution in [0.1, 0.15) is 10.6 Å². The van der Waals surface area contributed by atoms with Crippen molar-refractivity contribution in [3.05, 3.63) is 75.2 Å². The number of benzene rings is 2. The summed E-state index contributed by atoms with van der Waals surface area (Å²) in [4.78, 5) is 12.0. The summed E-state index contributed by atoms with van der Waals surface area (Å²) in [6.45, 7) is 0.255. The molecule has 0 aliphatic rings. The van der Waals surface area contributed by atoms with E-state index in [-0.39, 0.29) is 12.5 Å². The number of halogens is 2. The monoisotopic (exact) mass is 405 g/mol. The molecule has 0 fully saturated rings. The van der Waals surface area contributed by atoms with E-state index in [0.717, 1.165) is 5.56 Å². The SMILES string of the molecule is O=C(/C=C/c1ccccc1Cl)Nc1nnc(COc2ccc(Cl)cc2)s1. The first-order valence-corrected chi connectivity index (χ1v) is 9.12. The second kappa shape index (κ2) is 8.80. The second-order valence-electron chi connectivity index (χ2n) is 5.09. The molecule has 5 nitrogen and oxygen atoms in total. The van der Waals surface area contributed by atoms with E-state index in [9.17, 15) is 4.79 Å². The first-order chi connectivity index (χ1) is 12.6. The highest BCUT2D eigenvalue weighted by molar-refractivity contribution is 7.15. The molecule has 2 aromatic carbocycles. The smallest absolute Gasteiger partial charge is 0.250 e. The molecule has 8 heteroatoms. The van der Waals surface area contributed by atoms with Gasteiger partial charge in [0.1, 0.15) is 12.4 Å². The van der Waals surface area contributed by atoms with Crippen LogP contribution in [-0.4, -0.2) is 16.1 Å². The average molecular weight is 406 g/mol. The van der Waals surface area contributed by atoms with E-state index in [0.29, 0.717) is 25.9 Å². The Morgan fingerprint density at radius 3 is 2.65 bits per heavy atom. The number of anilines is 1. The van der Waals surface area contributed by atoms with Crippen LogP contribution in [0.2, 0.25) is 10.0 Å². The number of carbonyl (C=O) groups excluding carboxylic acids is 1. The Kier molecular flexibility index (Phi) is 6.22. The van der Waals surface area contributed by atoms with Crippen molar-refractivity contribution in [2.24, 2.45) is 0 Å². The van der Waals surface area contributed by atoms with Crippen molar-refractivity contribution in [3.63, 3.8) is 0 Å². The van der Waals surface area contributed by atoms with Crippen molar-refractivity contribution in [2.75, 3.05) is 5.32 Å². The van der Waals surface area contributed by atoms with Crippen LogP contribution in [0.3, 0.4) is 0 Å². The molecule has 0 atom stereocenters. The van der Waals surface area contributed by atoms with Crippen LogP contribution in [0, 0.1) is 0 Å². The highest BCUT2D eigenvalue weighted by Crippen LogP contribution is 2.20. The van der Waals surface area contributed by atoms with E-state index in [1.807, 2.05) is 18.2 Å². The standard InChI is InChI=1S/C18H13Cl2N3O2S/c19-13-6-8-14(9-7-13)25-11-17-22-23-18(26-17)21-16(24)10-5-12-3-1-2-4-15(12)20/h1-10H,11H2,(H,21,23,24)/b10-5+. The van der Waals surface area contributed by atoms with Crippen LogP contribution < -0.4 is 10.1 Å². The van der Waals surface area contributed by atoms with Gasteiger partial charge in [-0.1, -0.05) is 52.7 Å². The van der Waals surface area contributed by atoms with E-state index in [4.69, 9.17) is 27.9 Å². The molecule has 1 heterocycles. The molecule has 1 aromatic heterocycles. The number of hydrogen-bond acceptors (Lipinski definition) is 5. The summed E-state index contributed by atoms with van der Waals surface area (Å²) in [6.07, 6.45) is 3.04. The van der Waals surface area contributed by atoms with Crippen molar-refractivity contribution in [1.82, 2.24) is 10.2 Å². The largest absolute Gasteiger partial charge is 0.486 e. The number of aromatic nitrogens is 2. The highest BCUT2D eigenvalue weighted by Gasteiger charge is 2.07. The quantitative estimate of drug-likeness (QED) is 0.580. The zero-order valence-electron chi connectivity index (χ0n) is 13.4. The third-order valence-electron chi connectivity index (χ3n) is 3.19. The van der Waals surface area contributed by atoms with E-state index in [1.54, 1.807) is 36.4 Å². The fourth-order valence-corrected chi connectivity index (χ4v) is 2.94. The van der Waals surface area contributed by atoms with Crippen LogP contribution in [0.15, 0.2) is 54.6 Å². The lowest BCUT2D eigenvalue weighted by Crippen LogP contribution is -2.07. The van der Waals surface area contributed by atoms with Gasteiger partial charge < -0.3 is 4.74 Å². The van der Waals surface area contributed by atoms with Gasteiger partial charge in [0.05, 0.1) is 0 Å². The van der Waals surface area contributed by atoms with E-state index >= 15 is 0 Å². The Labute approximate surface area is 164 Å². The topological polar surface area (TPSA) is 64.1 Å². The van der Waals surface area contributed by atoms with E-state index in [1.165, 1.54) is 17.4 Å². The van der Waals surface area contributed by atoms with Gasteiger partial charge >= 0.3 is 0 Å². The molecule has 0 unspecified atom stereocenters. The molecular weight excluding hydrogens is 393 g/mol. The summed E-state index contributed by atoms with van der Waals surface area (Å²) in [5.41, 5.74) is 0.763. The maximum Gasteiger partial charge on any atom is 0.250 e. The van der Waals surface area contributed by atoms with Crippen molar-refractivity contribution < 1.29 is 9.53 Å². The average Bonchev–Trinajstić information content (AvgIpc) is 3.08. The summed E-state index contributed by atoms with van der Waals surface area (Å²) in [7, 11) is 0. The summed E-state index contributed by atoms with van der Waals surface area (Å²) < 4.78 is 5.59. The van der Waals surface area contributed by atoms with Gasteiger partial charge in [0, 0.05) is 16.1 Å². The maximum absolute atomic E-state index is 12.0. The van der Waals surface area contributed by atoms with Gasteiger partial charge in [-0.3, -0.25) is 10.1 Å². The summed E-state index contributed by atoms with van der Waals surface area (Å²) in [5.74, 6) is 0.365. The lowest BCUT2D eigenvalue weighted by Gasteiger charge is -2.02. The molecule has 0 bridgehead atoms. The van der Waals surface area contributed by atoms with Crippen LogP contribution >= 0.6 is 34.5 Å². The number of rotatable bonds is 6. The van der Waals surface area contributed by atoms with Gasteiger partial charge in [-0.2, -0.15) is 0 Å². The van der Waals surface area contributed by atoms with Gasteiger partial charge in [-0.05, 0) is 42.0 Å². The van der Waals surface area contributed by atoms with Gasteiger partial charge in [0.25, 0.3) is 0 Å². The number of ether oxygens (including phenoxy) is 1. The molecule has 0 aliphatic heterocycles. The maximum atomic E-state index is 12.0. The summed E-state index contributed by atoms with van der Waals surface area (Å²) in [5, 5.41) is 12.8. The van der Waals surface area contributed by atoms with E-state index in [2.05, 4.69) is 15.5 Å². The van der Waals surface area contributed by atoms with Gasteiger partial charge in [0.2, 0.25) is 11.0 Å². The number of nitrogens with zero attached hydrogens (tertiary/aromatic N) is 2. The molecule has 1 N–H and O–H groups in total. The summed E-state index contributed by atoms with van der Waals surface area (Å²) >= 11 is 13.1. The predicted octanol–water partition coefficient (Wildman–Crippen LogP) is 5.08. The molecule has 3 aromatic rings. The molecular formula is C18H13Cl2N3O2S. The Balaban J connectivity index is 1.53. The van der Waals surface area contributed by atoms with Crippen LogP contribution in [0.4, 0.5) is 5.13 Å². The Bertz CT molecular complexity index is 926. The second-order valence-corrected chi connectivity index (χ2v) is 6.99. The Morgan fingerprint density at radius 2 is 1.88 bits per heavy atom. The molecule has 0 saturated carbocycles. The first-order valence-electron chi connectivity index (χ1n) is 7.54. The summed E-state index contributed by atoms with van der Waals surface area (Å²) in [6, 6.07) is 14.3. The van der Waals surface area contributed by atoms with Crippen LogP contribution in [0.25, 0.3) is 6.08 Å². The first kappa shape index (κ1) is 18.4. The van der Waals surface area contributed by atoms with Gasteiger partial charge in [-0.25, -0.2) is 0 Å². The van der Waals surface area contributed by atoms with E-state index < -0.39 is 0 Å². The molecule has 26 heavy (non-hydrogen) atoms. The minimum atomic E-state index is -0.314. The van der Waals surface area contributed by atoms with Crippen molar-refractivity contribution in [1.29, 1.82) is 0 Å². The minimum absolute atomic E-state index is 0.255. The minimum Gasteiger partial charge on any atom is -0.486 e. The normalized spacial score (nSPS) is 10.8. The van der Waals surface area contributed by atoms with Crippen molar-refractivity contribution in [3.8, 4) is 5.75 Å². The van der Waals surface area contributed by atoms with Crippen LogP contribution in [-0.2, 0) is 11.4 Å². The molecule has 0 radical (unpaired) electrons.